The van der Waals surface area contributed by atoms with Crippen molar-refractivity contribution in [1.29, 1.82) is 0 Å². The van der Waals surface area contributed by atoms with Crippen LogP contribution in [0.3, 0.4) is 0 Å². The fourth-order valence-electron chi connectivity index (χ4n) is 4.16. The maximum absolute atomic E-state index is 14.5. The van der Waals surface area contributed by atoms with E-state index in [1.54, 1.807) is 12.1 Å². The molecule has 10 heteroatoms. The van der Waals surface area contributed by atoms with E-state index in [0.29, 0.717) is 41.8 Å². The van der Waals surface area contributed by atoms with Crippen molar-refractivity contribution in [3.05, 3.63) is 69.3 Å². The van der Waals surface area contributed by atoms with Crippen molar-refractivity contribution in [1.82, 2.24) is 0 Å². The van der Waals surface area contributed by atoms with Crippen molar-refractivity contribution in [3.8, 4) is 0 Å². The minimum absolute atomic E-state index is 0.00357. The molecular weight excluding hydrogens is 455 g/mol. The topological polar surface area (TPSA) is 49.7 Å². The van der Waals surface area contributed by atoms with Gasteiger partial charge in [0.05, 0.1) is 5.71 Å². The van der Waals surface area contributed by atoms with Gasteiger partial charge in [0.25, 0.3) is 0 Å². The number of carbonyl (C=O) groups is 1. The minimum Gasteiger partial charge on any atom is -0.411 e. The number of oxime groups is 1. The predicted molar refractivity (Wildman–Crippen MR) is 107 cm³/mol. The highest BCUT2D eigenvalue weighted by Gasteiger charge is 2.73. The number of aryl methyl sites for hydroxylation is 3. The van der Waals surface area contributed by atoms with E-state index in [1.165, 1.54) is 19.9 Å². The van der Waals surface area contributed by atoms with Crippen LogP contribution in [-0.2, 0) is 24.9 Å². The largest absolute Gasteiger partial charge is 0.435 e. The Morgan fingerprint density at radius 2 is 1.64 bits per heavy atom. The van der Waals surface area contributed by atoms with Crippen LogP contribution in [0.5, 0.6) is 0 Å². The van der Waals surface area contributed by atoms with Gasteiger partial charge < -0.3 is 5.21 Å². The fourth-order valence-corrected chi connectivity index (χ4v) is 4.16. The Bertz CT molecular complexity index is 1100. The second-order valence-electron chi connectivity index (χ2n) is 7.96. The predicted octanol–water partition coefficient (Wildman–Crippen LogP) is 6.40. The number of fused-ring (bicyclic) bond motifs is 1. The average Bonchev–Trinajstić information content (AvgIpc) is 3.14. The molecule has 0 spiro atoms. The lowest BCUT2D eigenvalue weighted by Crippen LogP contribution is -2.50. The molecule has 2 aromatic rings. The number of hydrogen-bond donors (Lipinski definition) is 1. The standard InChI is InChI=1S/C23H20F7NO2/c1-3-13-10-16(21(24,22(25,26)27)23(28,29)30)8-12(2)18(13)11-20(32)15-4-6-17-14(9-15)5-7-19(17)31-33/h4,6,8-10,33H,3,5,7,11H2,1-2H3. The summed E-state index contributed by atoms with van der Waals surface area (Å²) in [6.07, 6.45) is -11.6. The maximum Gasteiger partial charge on any atom is 0.435 e. The number of rotatable bonds is 5. The molecule has 1 N–H and O–H groups in total. The van der Waals surface area contributed by atoms with E-state index >= 15 is 0 Å². The molecule has 0 amide bonds. The zero-order chi connectivity index (χ0) is 24.8. The van der Waals surface area contributed by atoms with Crippen LogP contribution in [0.4, 0.5) is 30.7 Å². The Kier molecular flexibility index (Phi) is 6.34. The molecule has 0 bridgehead atoms. The molecule has 3 nitrogen and oxygen atoms in total. The van der Waals surface area contributed by atoms with Gasteiger partial charge in [-0.2, -0.15) is 26.3 Å². The number of ketones is 1. The lowest BCUT2D eigenvalue weighted by molar-refractivity contribution is -0.348. The van der Waals surface area contributed by atoms with Crippen LogP contribution >= 0.6 is 0 Å². The van der Waals surface area contributed by atoms with Crippen molar-refractivity contribution in [2.75, 3.05) is 0 Å². The van der Waals surface area contributed by atoms with Gasteiger partial charge in [0.2, 0.25) is 0 Å². The van der Waals surface area contributed by atoms with Crippen LogP contribution < -0.4 is 0 Å². The van der Waals surface area contributed by atoms with Gasteiger partial charge in [-0.15, -0.1) is 0 Å². The van der Waals surface area contributed by atoms with E-state index in [1.807, 2.05) is 0 Å². The highest BCUT2D eigenvalue weighted by atomic mass is 19.4. The molecule has 178 valence electrons. The van der Waals surface area contributed by atoms with E-state index in [-0.39, 0.29) is 29.5 Å². The molecule has 0 heterocycles. The van der Waals surface area contributed by atoms with E-state index < -0.39 is 29.4 Å². The van der Waals surface area contributed by atoms with Crippen LogP contribution in [0.25, 0.3) is 0 Å². The van der Waals surface area contributed by atoms with Crippen molar-refractivity contribution in [3.63, 3.8) is 0 Å². The van der Waals surface area contributed by atoms with Crippen LogP contribution in [0, 0.1) is 6.92 Å². The summed E-state index contributed by atoms with van der Waals surface area (Å²) in [5.41, 5.74) is -4.51. The van der Waals surface area contributed by atoms with Crippen molar-refractivity contribution >= 4 is 11.5 Å². The Morgan fingerprint density at radius 3 is 2.18 bits per heavy atom. The molecule has 2 aromatic carbocycles. The normalized spacial score (nSPS) is 15.7. The van der Waals surface area contributed by atoms with Gasteiger partial charge in [0, 0.05) is 23.1 Å². The summed E-state index contributed by atoms with van der Waals surface area (Å²) in [6, 6.07) is 5.84. The minimum atomic E-state index is -6.21. The average molecular weight is 475 g/mol. The number of Topliss-reactive ketones (excluding diaryl/α,β-unsaturated/α-hetero) is 1. The van der Waals surface area contributed by atoms with Crippen LogP contribution in [0.1, 0.15) is 57.1 Å². The Morgan fingerprint density at radius 1 is 1.00 bits per heavy atom. The zero-order valence-corrected chi connectivity index (χ0v) is 17.7. The summed E-state index contributed by atoms with van der Waals surface area (Å²) in [6.45, 7) is 2.75. The van der Waals surface area contributed by atoms with E-state index in [4.69, 9.17) is 5.21 Å². The highest BCUT2D eigenvalue weighted by molar-refractivity contribution is 6.06. The second-order valence-corrected chi connectivity index (χ2v) is 7.96. The van der Waals surface area contributed by atoms with Gasteiger partial charge in [-0.3, -0.25) is 4.79 Å². The molecule has 1 aliphatic rings. The summed E-state index contributed by atoms with van der Waals surface area (Å²) >= 11 is 0. The first-order valence-corrected chi connectivity index (χ1v) is 10.1. The third-order valence-electron chi connectivity index (χ3n) is 5.95. The summed E-state index contributed by atoms with van der Waals surface area (Å²) < 4.78 is 93.6. The van der Waals surface area contributed by atoms with Gasteiger partial charge in [-0.05, 0) is 54.5 Å². The Balaban J connectivity index is 2.00. The highest BCUT2D eigenvalue weighted by Crippen LogP contribution is 2.53. The third kappa shape index (κ3) is 4.22. The first-order valence-electron chi connectivity index (χ1n) is 10.1. The lowest BCUT2D eigenvalue weighted by atomic mass is 9.86. The molecule has 0 saturated carbocycles. The van der Waals surface area contributed by atoms with Crippen molar-refractivity contribution in [2.45, 2.75) is 57.6 Å². The van der Waals surface area contributed by atoms with Gasteiger partial charge >= 0.3 is 18.0 Å². The van der Waals surface area contributed by atoms with Crippen LogP contribution in [-0.4, -0.2) is 29.1 Å². The van der Waals surface area contributed by atoms with Gasteiger partial charge in [-0.1, -0.05) is 36.3 Å². The summed E-state index contributed by atoms with van der Waals surface area (Å²) in [5, 5.41) is 12.2. The SMILES string of the molecule is CCc1cc(C(F)(C(F)(F)F)C(F)(F)F)cc(C)c1CC(=O)c1ccc2c(c1)CCC2=NO. The first-order chi connectivity index (χ1) is 15.2. The number of alkyl halides is 7. The maximum atomic E-state index is 14.5. The molecule has 3 rings (SSSR count). The van der Waals surface area contributed by atoms with E-state index in [9.17, 15) is 35.5 Å². The molecule has 0 aliphatic heterocycles. The van der Waals surface area contributed by atoms with E-state index in [0.717, 1.165) is 5.56 Å². The summed E-state index contributed by atoms with van der Waals surface area (Å²) in [5.74, 6) is -0.393. The van der Waals surface area contributed by atoms with Gasteiger partial charge in [0.1, 0.15) is 0 Å². The lowest BCUT2D eigenvalue weighted by Gasteiger charge is -2.31. The molecule has 0 saturated heterocycles. The second kappa shape index (κ2) is 8.46. The molecule has 1 aliphatic carbocycles. The smallest absolute Gasteiger partial charge is 0.411 e. The zero-order valence-electron chi connectivity index (χ0n) is 17.7. The van der Waals surface area contributed by atoms with Crippen molar-refractivity contribution in [2.24, 2.45) is 5.16 Å². The number of halogens is 7. The molecule has 0 unspecified atom stereocenters. The fraction of sp³-hybridized carbons (Fsp3) is 0.391. The number of hydrogen-bond acceptors (Lipinski definition) is 3. The Hall–Kier alpha value is -2.91. The molecule has 0 atom stereocenters. The monoisotopic (exact) mass is 475 g/mol. The van der Waals surface area contributed by atoms with Gasteiger partial charge in [-0.25, -0.2) is 4.39 Å². The summed E-state index contributed by atoms with van der Waals surface area (Å²) in [7, 11) is 0. The molecule has 33 heavy (non-hydrogen) atoms. The van der Waals surface area contributed by atoms with E-state index in [2.05, 4.69) is 5.16 Å². The van der Waals surface area contributed by atoms with Crippen molar-refractivity contribution < 1.29 is 40.7 Å². The molecule has 0 radical (unpaired) electrons. The number of benzene rings is 2. The van der Waals surface area contributed by atoms with Crippen LogP contribution in [0.2, 0.25) is 0 Å². The quantitative estimate of drug-likeness (QED) is 0.236. The summed E-state index contributed by atoms with van der Waals surface area (Å²) in [4.78, 5) is 12.9. The molecular formula is C23H20F7NO2. The number of nitrogens with zero attached hydrogens (tertiary/aromatic N) is 1. The molecule has 0 aromatic heterocycles. The third-order valence-corrected chi connectivity index (χ3v) is 5.95. The van der Waals surface area contributed by atoms with Crippen LogP contribution in [0.15, 0.2) is 35.5 Å². The molecule has 0 fully saturated rings. The van der Waals surface area contributed by atoms with Gasteiger partial charge in [0.15, 0.2) is 5.78 Å². The Labute approximate surface area is 184 Å². The first kappa shape index (κ1) is 24.7. The number of carbonyl (C=O) groups excluding carboxylic acids is 1.